The van der Waals surface area contributed by atoms with Gasteiger partial charge in [0, 0.05) is 11.6 Å². The first-order chi connectivity index (χ1) is 6.16. The molecule has 0 bridgehead atoms. The van der Waals surface area contributed by atoms with E-state index in [-0.39, 0.29) is 0 Å². The summed E-state index contributed by atoms with van der Waals surface area (Å²) in [4.78, 5) is 2.14. The quantitative estimate of drug-likeness (QED) is 0.703. The van der Waals surface area contributed by atoms with E-state index in [0.29, 0.717) is 6.04 Å². The first-order valence-corrected chi connectivity index (χ1v) is 4.37. The number of nitrogens with zero attached hydrogens (tertiary/aromatic N) is 1. The largest absolute Gasteiger partial charge is 0.496 e. The van der Waals surface area contributed by atoms with Crippen molar-refractivity contribution in [3.05, 3.63) is 29.8 Å². The van der Waals surface area contributed by atoms with E-state index in [1.54, 1.807) is 7.11 Å². The summed E-state index contributed by atoms with van der Waals surface area (Å²) in [5.41, 5.74) is 1.18. The van der Waals surface area contributed by atoms with Crippen LogP contribution in [0.5, 0.6) is 5.75 Å². The van der Waals surface area contributed by atoms with Crippen LogP contribution in [0, 0.1) is 6.07 Å². The summed E-state index contributed by atoms with van der Waals surface area (Å²) in [6, 6.07) is 9.20. The van der Waals surface area contributed by atoms with Crippen LogP contribution in [0.2, 0.25) is 0 Å². The molecular weight excluding hydrogens is 162 g/mol. The van der Waals surface area contributed by atoms with Gasteiger partial charge in [-0.2, -0.15) is 0 Å². The summed E-state index contributed by atoms with van der Waals surface area (Å²) in [6.07, 6.45) is 0. The van der Waals surface area contributed by atoms with Gasteiger partial charge in [-0.15, -0.1) is 0 Å². The Hall–Kier alpha value is -1.02. The Morgan fingerprint density at radius 3 is 2.69 bits per heavy atom. The van der Waals surface area contributed by atoms with Crippen LogP contribution in [-0.4, -0.2) is 26.1 Å². The number of hydrogen-bond donors (Lipinski definition) is 0. The van der Waals surface area contributed by atoms with Crippen molar-refractivity contribution in [2.24, 2.45) is 0 Å². The summed E-state index contributed by atoms with van der Waals surface area (Å²) in [7, 11) is 5.80. The SMILES string of the molecule is COc1cc[c]cc1C(C)N(C)C. The van der Waals surface area contributed by atoms with E-state index in [1.807, 2.05) is 18.2 Å². The van der Waals surface area contributed by atoms with E-state index < -0.39 is 0 Å². The molecule has 2 nitrogen and oxygen atoms in total. The minimum Gasteiger partial charge on any atom is -0.496 e. The van der Waals surface area contributed by atoms with Crippen molar-refractivity contribution in [1.82, 2.24) is 4.90 Å². The van der Waals surface area contributed by atoms with Gasteiger partial charge in [0.1, 0.15) is 5.75 Å². The van der Waals surface area contributed by atoms with E-state index in [0.717, 1.165) is 5.75 Å². The lowest BCUT2D eigenvalue weighted by molar-refractivity contribution is 0.308. The zero-order valence-electron chi connectivity index (χ0n) is 8.66. The maximum Gasteiger partial charge on any atom is 0.123 e. The van der Waals surface area contributed by atoms with Gasteiger partial charge in [0.15, 0.2) is 0 Å². The fraction of sp³-hybridized carbons (Fsp3) is 0.455. The predicted octanol–water partition coefficient (Wildman–Crippen LogP) is 2.12. The van der Waals surface area contributed by atoms with Crippen LogP contribution in [0.1, 0.15) is 18.5 Å². The van der Waals surface area contributed by atoms with Crippen molar-refractivity contribution in [2.75, 3.05) is 21.2 Å². The molecule has 0 saturated heterocycles. The van der Waals surface area contributed by atoms with Crippen LogP contribution >= 0.6 is 0 Å². The van der Waals surface area contributed by atoms with Crippen molar-refractivity contribution in [2.45, 2.75) is 13.0 Å². The lowest BCUT2D eigenvalue weighted by Crippen LogP contribution is -2.17. The van der Waals surface area contributed by atoms with Gasteiger partial charge < -0.3 is 9.64 Å². The fourth-order valence-corrected chi connectivity index (χ4v) is 1.22. The van der Waals surface area contributed by atoms with Gasteiger partial charge in [-0.1, -0.05) is 6.07 Å². The number of hydrogen-bond acceptors (Lipinski definition) is 2. The highest BCUT2D eigenvalue weighted by Crippen LogP contribution is 2.26. The monoisotopic (exact) mass is 178 g/mol. The molecule has 0 spiro atoms. The smallest absolute Gasteiger partial charge is 0.123 e. The Morgan fingerprint density at radius 2 is 2.15 bits per heavy atom. The van der Waals surface area contributed by atoms with Crippen LogP contribution in [0.3, 0.4) is 0 Å². The van der Waals surface area contributed by atoms with Crippen molar-refractivity contribution < 1.29 is 4.74 Å². The Balaban J connectivity index is 2.98. The van der Waals surface area contributed by atoms with Gasteiger partial charge in [-0.05, 0) is 39.2 Å². The summed E-state index contributed by atoms with van der Waals surface area (Å²) in [5.74, 6) is 0.931. The molecule has 71 valence electrons. The molecule has 1 unspecified atom stereocenters. The Morgan fingerprint density at radius 1 is 1.46 bits per heavy atom. The van der Waals surface area contributed by atoms with E-state index in [9.17, 15) is 0 Å². The molecule has 1 aromatic rings. The summed E-state index contributed by atoms with van der Waals surface area (Å²) in [5, 5.41) is 0. The van der Waals surface area contributed by atoms with E-state index >= 15 is 0 Å². The molecule has 13 heavy (non-hydrogen) atoms. The van der Waals surface area contributed by atoms with E-state index in [4.69, 9.17) is 4.74 Å². The third kappa shape index (κ3) is 2.22. The minimum atomic E-state index is 0.354. The van der Waals surface area contributed by atoms with Crippen LogP contribution in [0.4, 0.5) is 0 Å². The highest BCUT2D eigenvalue weighted by molar-refractivity contribution is 5.34. The fourth-order valence-electron chi connectivity index (χ4n) is 1.22. The third-order valence-electron chi connectivity index (χ3n) is 2.30. The molecule has 1 radical (unpaired) electrons. The molecular formula is C11H16NO. The second-order valence-electron chi connectivity index (χ2n) is 3.31. The maximum atomic E-state index is 5.27. The third-order valence-corrected chi connectivity index (χ3v) is 2.30. The van der Waals surface area contributed by atoms with E-state index in [2.05, 4.69) is 32.0 Å². The molecule has 0 amide bonds. The molecule has 0 aliphatic heterocycles. The molecule has 0 aliphatic carbocycles. The molecule has 0 saturated carbocycles. The summed E-state index contributed by atoms with van der Waals surface area (Å²) >= 11 is 0. The van der Waals surface area contributed by atoms with E-state index in [1.165, 1.54) is 5.56 Å². The minimum absolute atomic E-state index is 0.354. The average molecular weight is 178 g/mol. The number of rotatable bonds is 3. The first kappa shape index (κ1) is 10.1. The van der Waals surface area contributed by atoms with Crippen molar-refractivity contribution in [3.63, 3.8) is 0 Å². The van der Waals surface area contributed by atoms with Crippen molar-refractivity contribution in [1.29, 1.82) is 0 Å². The van der Waals surface area contributed by atoms with Crippen LogP contribution in [0.15, 0.2) is 18.2 Å². The molecule has 1 atom stereocenters. The zero-order valence-corrected chi connectivity index (χ0v) is 8.66. The molecule has 2 heteroatoms. The average Bonchev–Trinajstić information content (AvgIpc) is 2.16. The molecule has 0 fully saturated rings. The molecule has 1 aromatic carbocycles. The Bertz CT molecular complexity index is 271. The van der Waals surface area contributed by atoms with Gasteiger partial charge in [0.2, 0.25) is 0 Å². The Labute approximate surface area is 80.1 Å². The van der Waals surface area contributed by atoms with Gasteiger partial charge in [-0.3, -0.25) is 0 Å². The topological polar surface area (TPSA) is 12.5 Å². The Kier molecular flexibility index (Phi) is 3.32. The lowest BCUT2D eigenvalue weighted by atomic mass is 10.1. The molecule has 0 N–H and O–H groups in total. The highest BCUT2D eigenvalue weighted by atomic mass is 16.5. The summed E-state index contributed by atoms with van der Waals surface area (Å²) in [6.45, 7) is 2.14. The number of benzene rings is 1. The summed E-state index contributed by atoms with van der Waals surface area (Å²) < 4.78 is 5.27. The maximum absolute atomic E-state index is 5.27. The lowest BCUT2D eigenvalue weighted by Gasteiger charge is -2.21. The van der Waals surface area contributed by atoms with Crippen molar-refractivity contribution >= 4 is 0 Å². The standard InChI is InChI=1S/C11H16NO/c1-9(12(2)3)10-7-5-6-8-11(10)13-4/h6-9H,1-4H3. The number of ether oxygens (including phenoxy) is 1. The molecule has 1 rings (SSSR count). The van der Waals surface area contributed by atoms with Gasteiger partial charge in [-0.25, -0.2) is 0 Å². The van der Waals surface area contributed by atoms with Crippen LogP contribution in [0.25, 0.3) is 0 Å². The zero-order chi connectivity index (χ0) is 9.84. The normalized spacial score (nSPS) is 13.0. The van der Waals surface area contributed by atoms with Crippen LogP contribution in [-0.2, 0) is 0 Å². The van der Waals surface area contributed by atoms with Gasteiger partial charge in [0.05, 0.1) is 7.11 Å². The predicted molar refractivity (Wildman–Crippen MR) is 53.9 cm³/mol. The first-order valence-electron chi connectivity index (χ1n) is 4.37. The highest BCUT2D eigenvalue weighted by Gasteiger charge is 2.11. The molecule has 0 aliphatic rings. The second kappa shape index (κ2) is 4.28. The second-order valence-corrected chi connectivity index (χ2v) is 3.31. The molecule has 0 heterocycles. The van der Waals surface area contributed by atoms with Gasteiger partial charge >= 0.3 is 0 Å². The van der Waals surface area contributed by atoms with Crippen LogP contribution < -0.4 is 4.74 Å². The molecule has 0 aromatic heterocycles. The number of methoxy groups -OCH3 is 1. The van der Waals surface area contributed by atoms with Crippen molar-refractivity contribution in [3.8, 4) is 5.75 Å². The van der Waals surface area contributed by atoms with Gasteiger partial charge in [0.25, 0.3) is 0 Å².